The van der Waals surface area contributed by atoms with Crippen LogP contribution in [0.2, 0.25) is 0 Å². The molecule has 1 atom stereocenters. The lowest BCUT2D eigenvalue weighted by Gasteiger charge is -2.14. The zero-order chi connectivity index (χ0) is 14.4. The van der Waals surface area contributed by atoms with Crippen LogP contribution in [0.5, 0.6) is 17.2 Å². The van der Waals surface area contributed by atoms with E-state index >= 15 is 0 Å². The molecule has 1 aromatic rings. The topological polar surface area (TPSA) is 77.8 Å². The number of benzene rings is 1. The van der Waals surface area contributed by atoms with Crippen LogP contribution in [0.25, 0.3) is 0 Å². The molecule has 0 saturated heterocycles. The summed E-state index contributed by atoms with van der Waals surface area (Å²) in [6.07, 6.45) is -0.827. The lowest BCUT2D eigenvalue weighted by atomic mass is 10.2. The number of nitriles is 1. The van der Waals surface area contributed by atoms with Crippen LogP contribution in [0.3, 0.4) is 0 Å². The molecule has 0 spiro atoms. The van der Waals surface area contributed by atoms with Crippen LogP contribution in [0.1, 0.15) is 17.3 Å². The monoisotopic (exact) mass is 265 g/mol. The van der Waals surface area contributed by atoms with E-state index in [-0.39, 0.29) is 5.56 Å². The molecule has 0 radical (unpaired) electrons. The summed E-state index contributed by atoms with van der Waals surface area (Å²) in [6.45, 7) is 1.48. The number of rotatable bonds is 5. The van der Waals surface area contributed by atoms with Crippen molar-refractivity contribution in [1.29, 1.82) is 5.26 Å². The summed E-state index contributed by atoms with van der Waals surface area (Å²) in [7, 11) is 4.37. The highest BCUT2D eigenvalue weighted by Gasteiger charge is 2.19. The van der Waals surface area contributed by atoms with E-state index in [0.29, 0.717) is 17.2 Å². The van der Waals surface area contributed by atoms with Gasteiger partial charge in [0.15, 0.2) is 17.6 Å². The maximum absolute atomic E-state index is 11.8. The fourth-order valence-corrected chi connectivity index (χ4v) is 1.45. The molecule has 0 heterocycles. The average molecular weight is 265 g/mol. The Kier molecular flexibility index (Phi) is 5.01. The Bertz CT molecular complexity index is 481. The molecule has 6 nitrogen and oxygen atoms in total. The van der Waals surface area contributed by atoms with Crippen molar-refractivity contribution in [3.63, 3.8) is 0 Å². The van der Waals surface area contributed by atoms with Crippen molar-refractivity contribution >= 4 is 5.97 Å². The van der Waals surface area contributed by atoms with Crippen LogP contribution >= 0.6 is 0 Å². The van der Waals surface area contributed by atoms with Crippen molar-refractivity contribution in [3.05, 3.63) is 17.7 Å². The Morgan fingerprint density at radius 3 is 2.05 bits per heavy atom. The van der Waals surface area contributed by atoms with Crippen molar-refractivity contribution in [3.8, 4) is 23.3 Å². The third kappa shape index (κ3) is 3.28. The van der Waals surface area contributed by atoms with Gasteiger partial charge in [-0.05, 0) is 19.1 Å². The highest BCUT2D eigenvalue weighted by atomic mass is 16.5. The fourth-order valence-electron chi connectivity index (χ4n) is 1.45. The van der Waals surface area contributed by atoms with Gasteiger partial charge in [0.1, 0.15) is 6.07 Å². The van der Waals surface area contributed by atoms with E-state index in [1.54, 1.807) is 0 Å². The second-order valence-electron chi connectivity index (χ2n) is 3.59. The normalized spacial score (nSPS) is 11.1. The summed E-state index contributed by atoms with van der Waals surface area (Å²) >= 11 is 0. The highest BCUT2D eigenvalue weighted by molar-refractivity contribution is 5.91. The standard InChI is InChI=1S/C13H15NO5/c1-8(7-14)19-13(15)9-5-10(16-2)12(18-4)11(6-9)17-3/h5-6,8H,1-4H3. The molecule has 0 aromatic heterocycles. The van der Waals surface area contributed by atoms with Crippen LogP contribution < -0.4 is 14.2 Å². The molecule has 102 valence electrons. The second kappa shape index (κ2) is 6.50. The van der Waals surface area contributed by atoms with E-state index in [1.165, 1.54) is 40.4 Å². The molecular weight excluding hydrogens is 250 g/mol. The predicted molar refractivity (Wildman–Crippen MR) is 66.6 cm³/mol. The molecule has 0 aliphatic heterocycles. The van der Waals surface area contributed by atoms with Gasteiger partial charge in [0.25, 0.3) is 0 Å². The van der Waals surface area contributed by atoms with Gasteiger partial charge >= 0.3 is 5.97 Å². The summed E-state index contributed by atoms with van der Waals surface area (Å²) in [5.41, 5.74) is 0.219. The number of carbonyl (C=O) groups is 1. The SMILES string of the molecule is COc1cc(C(=O)OC(C)C#N)cc(OC)c1OC. The first kappa shape index (κ1) is 14.6. The number of esters is 1. The maximum atomic E-state index is 11.8. The van der Waals surface area contributed by atoms with Crippen LogP contribution in [0, 0.1) is 11.3 Å². The number of hydrogen-bond donors (Lipinski definition) is 0. The molecular formula is C13H15NO5. The molecule has 19 heavy (non-hydrogen) atoms. The quantitative estimate of drug-likeness (QED) is 0.755. The minimum Gasteiger partial charge on any atom is -0.493 e. The van der Waals surface area contributed by atoms with Crippen LogP contribution in [0.15, 0.2) is 12.1 Å². The van der Waals surface area contributed by atoms with Gasteiger partial charge in [0, 0.05) is 0 Å². The average Bonchev–Trinajstić information content (AvgIpc) is 2.44. The third-order valence-electron chi connectivity index (χ3n) is 2.37. The number of nitrogens with zero attached hydrogens (tertiary/aromatic N) is 1. The Labute approximate surface area is 111 Å². The summed E-state index contributed by atoms with van der Waals surface area (Å²) in [6, 6.07) is 4.75. The summed E-state index contributed by atoms with van der Waals surface area (Å²) in [5, 5.41) is 8.62. The van der Waals surface area contributed by atoms with Gasteiger partial charge in [0.2, 0.25) is 5.75 Å². The first-order valence-electron chi connectivity index (χ1n) is 5.48. The largest absolute Gasteiger partial charge is 0.493 e. The van der Waals surface area contributed by atoms with E-state index in [4.69, 9.17) is 24.2 Å². The van der Waals surface area contributed by atoms with Gasteiger partial charge < -0.3 is 18.9 Å². The van der Waals surface area contributed by atoms with Gasteiger partial charge in [-0.2, -0.15) is 5.26 Å². The van der Waals surface area contributed by atoms with Crippen molar-refractivity contribution in [2.75, 3.05) is 21.3 Å². The zero-order valence-electron chi connectivity index (χ0n) is 11.2. The Hall–Kier alpha value is -2.42. The van der Waals surface area contributed by atoms with Crippen LogP contribution in [-0.4, -0.2) is 33.4 Å². The van der Waals surface area contributed by atoms with E-state index in [2.05, 4.69) is 0 Å². The third-order valence-corrected chi connectivity index (χ3v) is 2.37. The lowest BCUT2D eigenvalue weighted by Crippen LogP contribution is -2.13. The highest BCUT2D eigenvalue weighted by Crippen LogP contribution is 2.38. The molecule has 0 bridgehead atoms. The molecule has 1 unspecified atom stereocenters. The van der Waals surface area contributed by atoms with Crippen molar-refractivity contribution in [2.24, 2.45) is 0 Å². The summed E-state index contributed by atoms with van der Waals surface area (Å²) in [5.74, 6) is 0.444. The van der Waals surface area contributed by atoms with E-state index in [0.717, 1.165) is 0 Å². The molecule has 0 fully saturated rings. The van der Waals surface area contributed by atoms with Gasteiger partial charge in [-0.3, -0.25) is 0 Å². The predicted octanol–water partition coefficient (Wildman–Crippen LogP) is 1.78. The fraction of sp³-hybridized carbons (Fsp3) is 0.385. The van der Waals surface area contributed by atoms with Gasteiger partial charge in [-0.25, -0.2) is 4.79 Å². The molecule has 0 N–H and O–H groups in total. The molecule has 6 heteroatoms. The number of hydrogen-bond acceptors (Lipinski definition) is 6. The minimum absolute atomic E-state index is 0.219. The van der Waals surface area contributed by atoms with E-state index in [1.807, 2.05) is 6.07 Å². The van der Waals surface area contributed by atoms with Crippen molar-refractivity contribution < 1.29 is 23.7 Å². The Morgan fingerprint density at radius 1 is 1.16 bits per heavy atom. The van der Waals surface area contributed by atoms with Crippen LogP contribution in [0.4, 0.5) is 0 Å². The van der Waals surface area contributed by atoms with E-state index < -0.39 is 12.1 Å². The smallest absolute Gasteiger partial charge is 0.339 e. The maximum Gasteiger partial charge on any atom is 0.339 e. The molecule has 0 aliphatic carbocycles. The van der Waals surface area contributed by atoms with Crippen molar-refractivity contribution in [1.82, 2.24) is 0 Å². The second-order valence-corrected chi connectivity index (χ2v) is 3.59. The first-order valence-corrected chi connectivity index (χ1v) is 5.48. The van der Waals surface area contributed by atoms with E-state index in [9.17, 15) is 4.79 Å². The molecule has 1 rings (SSSR count). The zero-order valence-corrected chi connectivity index (χ0v) is 11.2. The van der Waals surface area contributed by atoms with Gasteiger partial charge in [0.05, 0.1) is 26.9 Å². The molecule has 0 amide bonds. The molecule has 1 aromatic carbocycles. The Morgan fingerprint density at radius 2 is 1.68 bits per heavy atom. The number of methoxy groups -OCH3 is 3. The lowest BCUT2D eigenvalue weighted by molar-refractivity contribution is 0.0434. The summed E-state index contributed by atoms with van der Waals surface area (Å²) in [4.78, 5) is 11.8. The van der Waals surface area contributed by atoms with Crippen LogP contribution in [-0.2, 0) is 4.74 Å². The number of carbonyl (C=O) groups excluding carboxylic acids is 1. The molecule has 0 saturated carbocycles. The first-order chi connectivity index (χ1) is 9.07. The summed E-state index contributed by atoms with van der Waals surface area (Å²) < 4.78 is 20.3. The van der Waals surface area contributed by atoms with Gasteiger partial charge in [-0.1, -0.05) is 0 Å². The van der Waals surface area contributed by atoms with Gasteiger partial charge in [-0.15, -0.1) is 0 Å². The molecule has 0 aliphatic rings. The number of ether oxygens (including phenoxy) is 4. The Balaban J connectivity index is 3.16. The minimum atomic E-state index is -0.827. The van der Waals surface area contributed by atoms with Crippen molar-refractivity contribution in [2.45, 2.75) is 13.0 Å².